The number of hydrogen-bond donors (Lipinski definition) is 2. The van der Waals surface area contributed by atoms with Gasteiger partial charge in [0.25, 0.3) is 0 Å². The second-order valence-corrected chi connectivity index (χ2v) is 6.33. The average Bonchev–Trinajstić information content (AvgIpc) is 3.13. The first-order chi connectivity index (χ1) is 13.6. The lowest BCUT2D eigenvalue weighted by atomic mass is 10.2. The Hall–Kier alpha value is -3.22. The summed E-state index contributed by atoms with van der Waals surface area (Å²) in [6.45, 7) is 5.33. The van der Waals surface area contributed by atoms with Gasteiger partial charge in [0, 0.05) is 44.2 Å². The van der Waals surface area contributed by atoms with Crippen molar-refractivity contribution in [3.8, 4) is 11.5 Å². The number of aliphatic imine (C=N–C) groups is 1. The number of anilines is 1. The van der Waals surface area contributed by atoms with E-state index in [2.05, 4.69) is 39.2 Å². The number of rotatable bonds is 7. The van der Waals surface area contributed by atoms with Gasteiger partial charge < -0.3 is 24.5 Å². The van der Waals surface area contributed by atoms with Crippen molar-refractivity contribution < 1.29 is 9.47 Å². The second-order valence-electron chi connectivity index (χ2n) is 6.33. The van der Waals surface area contributed by atoms with E-state index in [0.717, 1.165) is 35.7 Å². The van der Waals surface area contributed by atoms with Crippen molar-refractivity contribution in [3.63, 3.8) is 0 Å². The quantitative estimate of drug-likeness (QED) is 0.485. The number of hydrogen-bond acceptors (Lipinski definition) is 4. The van der Waals surface area contributed by atoms with Crippen LogP contribution in [0.15, 0.2) is 47.7 Å². The lowest BCUT2D eigenvalue weighted by molar-refractivity contribution is 0.311. The summed E-state index contributed by atoms with van der Waals surface area (Å²) in [5.74, 6) is 2.09. The van der Waals surface area contributed by atoms with Crippen LogP contribution in [0.4, 0.5) is 5.69 Å². The number of aromatic nitrogens is 2. The molecule has 0 bridgehead atoms. The van der Waals surface area contributed by atoms with E-state index < -0.39 is 0 Å². The molecule has 0 saturated heterocycles. The number of aryl methyl sites for hydroxylation is 1. The highest BCUT2D eigenvalue weighted by molar-refractivity contribution is 5.93. The molecule has 0 fully saturated rings. The summed E-state index contributed by atoms with van der Waals surface area (Å²) in [6.07, 6.45) is 4.89. The Morgan fingerprint density at radius 3 is 2.82 bits per heavy atom. The molecule has 3 rings (SSSR count). The zero-order valence-electron chi connectivity index (χ0n) is 16.8. The van der Waals surface area contributed by atoms with Crippen LogP contribution in [0.2, 0.25) is 0 Å². The number of guanidine groups is 1. The molecule has 0 aliphatic rings. The van der Waals surface area contributed by atoms with Gasteiger partial charge in [-0.2, -0.15) is 0 Å². The third-order valence-corrected chi connectivity index (χ3v) is 4.35. The minimum atomic E-state index is 0.592. The molecule has 3 aromatic rings. The molecule has 2 heterocycles. The third-order valence-electron chi connectivity index (χ3n) is 4.35. The number of ether oxygens (including phenoxy) is 2. The molecule has 28 heavy (non-hydrogen) atoms. The monoisotopic (exact) mass is 381 g/mol. The van der Waals surface area contributed by atoms with E-state index in [-0.39, 0.29) is 0 Å². The van der Waals surface area contributed by atoms with Gasteiger partial charge in [-0.25, -0.2) is 4.98 Å². The maximum Gasteiger partial charge on any atom is 0.195 e. The first-order valence-corrected chi connectivity index (χ1v) is 9.36. The zero-order valence-corrected chi connectivity index (χ0v) is 16.8. The Kier molecular flexibility index (Phi) is 6.37. The fraction of sp³-hybridized carbons (Fsp3) is 0.333. The van der Waals surface area contributed by atoms with E-state index in [0.29, 0.717) is 18.3 Å². The van der Waals surface area contributed by atoms with Crippen LogP contribution < -0.4 is 20.1 Å². The van der Waals surface area contributed by atoms with Crippen LogP contribution in [-0.4, -0.2) is 42.7 Å². The molecular weight excluding hydrogens is 354 g/mol. The minimum absolute atomic E-state index is 0.592. The number of fused-ring (bicyclic) bond motifs is 1. The molecule has 7 heteroatoms. The third kappa shape index (κ3) is 4.54. The highest BCUT2D eigenvalue weighted by atomic mass is 16.5. The molecule has 1 aromatic carbocycles. The van der Waals surface area contributed by atoms with Crippen molar-refractivity contribution in [2.24, 2.45) is 4.99 Å². The molecule has 7 nitrogen and oxygen atoms in total. The Labute approximate surface area is 165 Å². The summed E-state index contributed by atoms with van der Waals surface area (Å²) in [5, 5.41) is 6.59. The van der Waals surface area contributed by atoms with Gasteiger partial charge in [-0.1, -0.05) is 6.07 Å². The lowest BCUT2D eigenvalue weighted by Gasteiger charge is -2.14. The van der Waals surface area contributed by atoms with Crippen molar-refractivity contribution in [1.82, 2.24) is 14.7 Å². The standard InChI is InChI=1S/C21H27N5O2/c1-5-28-18-9-8-16(13-19(18)27-4)25-21(22-3)23-11-10-17-14-26-12-6-7-15(2)20(26)24-17/h6-9,12-14H,5,10-11H2,1-4H3,(H2,22,23,25). The van der Waals surface area contributed by atoms with E-state index in [9.17, 15) is 0 Å². The Morgan fingerprint density at radius 1 is 1.25 bits per heavy atom. The molecule has 0 saturated carbocycles. The van der Waals surface area contributed by atoms with E-state index in [1.807, 2.05) is 37.4 Å². The summed E-state index contributed by atoms with van der Waals surface area (Å²) in [4.78, 5) is 8.98. The summed E-state index contributed by atoms with van der Waals surface area (Å²) >= 11 is 0. The Balaban J connectivity index is 1.59. The number of benzene rings is 1. The normalized spacial score (nSPS) is 11.5. The molecule has 0 unspecified atom stereocenters. The molecule has 0 amide bonds. The van der Waals surface area contributed by atoms with Gasteiger partial charge in [0.1, 0.15) is 5.65 Å². The fourth-order valence-corrected chi connectivity index (χ4v) is 2.97. The van der Waals surface area contributed by atoms with E-state index in [1.54, 1.807) is 14.2 Å². The number of pyridine rings is 1. The van der Waals surface area contributed by atoms with Gasteiger partial charge in [0.2, 0.25) is 0 Å². The Bertz CT molecular complexity index is 965. The molecule has 0 atom stereocenters. The molecule has 0 aliphatic carbocycles. The van der Waals surface area contributed by atoms with Crippen molar-refractivity contribution in [2.45, 2.75) is 20.3 Å². The van der Waals surface area contributed by atoms with Crippen molar-refractivity contribution >= 4 is 17.3 Å². The summed E-state index contributed by atoms with van der Waals surface area (Å²) in [6, 6.07) is 9.81. The number of nitrogens with one attached hydrogen (secondary N) is 2. The topological polar surface area (TPSA) is 72.2 Å². The highest BCUT2D eigenvalue weighted by Gasteiger charge is 2.08. The van der Waals surface area contributed by atoms with Crippen LogP contribution in [0, 0.1) is 6.92 Å². The highest BCUT2D eigenvalue weighted by Crippen LogP contribution is 2.30. The van der Waals surface area contributed by atoms with E-state index >= 15 is 0 Å². The van der Waals surface area contributed by atoms with E-state index in [1.165, 1.54) is 5.56 Å². The van der Waals surface area contributed by atoms with Gasteiger partial charge in [-0.3, -0.25) is 4.99 Å². The summed E-state index contributed by atoms with van der Waals surface area (Å²) < 4.78 is 13.0. The Morgan fingerprint density at radius 2 is 2.11 bits per heavy atom. The molecule has 148 valence electrons. The molecular formula is C21H27N5O2. The summed E-state index contributed by atoms with van der Waals surface area (Å²) in [7, 11) is 3.38. The molecule has 0 aliphatic heterocycles. The fourth-order valence-electron chi connectivity index (χ4n) is 2.97. The lowest BCUT2D eigenvalue weighted by Crippen LogP contribution is -2.32. The molecule has 2 N–H and O–H groups in total. The van der Waals surface area contributed by atoms with Crippen LogP contribution in [0.5, 0.6) is 11.5 Å². The van der Waals surface area contributed by atoms with Crippen LogP contribution in [0.25, 0.3) is 5.65 Å². The van der Waals surface area contributed by atoms with Gasteiger partial charge in [0.05, 0.1) is 19.4 Å². The van der Waals surface area contributed by atoms with Crippen LogP contribution >= 0.6 is 0 Å². The maximum atomic E-state index is 5.55. The summed E-state index contributed by atoms with van der Waals surface area (Å²) in [5.41, 5.74) is 4.09. The predicted molar refractivity (Wildman–Crippen MR) is 113 cm³/mol. The predicted octanol–water partition coefficient (Wildman–Crippen LogP) is 3.28. The van der Waals surface area contributed by atoms with Gasteiger partial charge >= 0.3 is 0 Å². The molecule has 2 aromatic heterocycles. The van der Waals surface area contributed by atoms with Crippen LogP contribution in [0.3, 0.4) is 0 Å². The first kappa shape index (κ1) is 19.5. The van der Waals surface area contributed by atoms with E-state index in [4.69, 9.17) is 14.5 Å². The maximum absolute atomic E-state index is 5.55. The largest absolute Gasteiger partial charge is 0.493 e. The van der Waals surface area contributed by atoms with Gasteiger partial charge in [-0.15, -0.1) is 0 Å². The minimum Gasteiger partial charge on any atom is -0.493 e. The number of methoxy groups -OCH3 is 1. The average molecular weight is 381 g/mol. The molecule has 0 radical (unpaired) electrons. The second kappa shape index (κ2) is 9.12. The van der Waals surface area contributed by atoms with Crippen LogP contribution in [-0.2, 0) is 6.42 Å². The van der Waals surface area contributed by atoms with Crippen LogP contribution in [0.1, 0.15) is 18.2 Å². The van der Waals surface area contributed by atoms with Crippen molar-refractivity contribution in [2.75, 3.05) is 32.6 Å². The van der Waals surface area contributed by atoms with Crippen molar-refractivity contribution in [1.29, 1.82) is 0 Å². The molecule has 0 spiro atoms. The SMILES string of the molecule is CCOc1ccc(NC(=NC)NCCc2cn3cccc(C)c3n2)cc1OC. The van der Waals surface area contributed by atoms with Crippen molar-refractivity contribution in [3.05, 3.63) is 54.0 Å². The number of nitrogens with zero attached hydrogens (tertiary/aromatic N) is 3. The zero-order chi connectivity index (χ0) is 19.9. The number of imidazole rings is 1. The van der Waals surface area contributed by atoms with Gasteiger partial charge in [0.15, 0.2) is 17.5 Å². The van der Waals surface area contributed by atoms with Gasteiger partial charge in [-0.05, 0) is 37.6 Å². The smallest absolute Gasteiger partial charge is 0.195 e. The first-order valence-electron chi connectivity index (χ1n) is 9.36.